The lowest BCUT2D eigenvalue weighted by Crippen LogP contribution is -2.16. The first-order chi connectivity index (χ1) is 9.94. The van der Waals surface area contributed by atoms with E-state index in [2.05, 4.69) is 14.9 Å². The van der Waals surface area contributed by atoms with Gasteiger partial charge in [0.05, 0.1) is 17.7 Å². The number of carbonyl (C=O) groups is 1. The maximum atomic E-state index is 12.2. The Hall–Kier alpha value is -2.35. The molecule has 0 aliphatic rings. The van der Waals surface area contributed by atoms with Crippen LogP contribution >= 0.6 is 0 Å². The Bertz CT molecular complexity index is 735. The van der Waals surface area contributed by atoms with Gasteiger partial charge in [0.25, 0.3) is 10.0 Å². The summed E-state index contributed by atoms with van der Waals surface area (Å²) < 4.78 is 31.6. The number of rotatable bonds is 5. The molecule has 2 N–H and O–H groups in total. The Balaban J connectivity index is 2.27. The number of hydrogen-bond donors (Lipinski definition) is 2. The molecular formula is C13H15N3O4S. The maximum Gasteiger partial charge on any atom is 0.343 e. The van der Waals surface area contributed by atoms with E-state index in [1.165, 1.54) is 18.3 Å². The van der Waals surface area contributed by atoms with Gasteiger partial charge in [-0.05, 0) is 26.0 Å². The fraction of sp³-hybridized carbons (Fsp3) is 0.231. The topological polar surface area (TPSA) is 101 Å². The van der Waals surface area contributed by atoms with Gasteiger partial charge in [-0.2, -0.15) is 5.10 Å². The molecular weight excluding hydrogens is 294 g/mol. The minimum absolute atomic E-state index is 0.0194. The number of sulfonamides is 1. The monoisotopic (exact) mass is 309 g/mol. The number of carbonyl (C=O) groups excluding carboxylic acids is 1. The summed E-state index contributed by atoms with van der Waals surface area (Å²) in [5, 5.41) is 6.11. The highest BCUT2D eigenvalue weighted by Crippen LogP contribution is 2.18. The molecule has 0 fully saturated rings. The number of H-pyrrole nitrogens is 1. The number of nitrogens with zero attached hydrogens (tertiary/aromatic N) is 1. The van der Waals surface area contributed by atoms with Crippen molar-refractivity contribution in [3.63, 3.8) is 0 Å². The van der Waals surface area contributed by atoms with Gasteiger partial charge in [-0.15, -0.1) is 0 Å². The van der Waals surface area contributed by atoms with Crippen LogP contribution in [0.5, 0.6) is 0 Å². The summed E-state index contributed by atoms with van der Waals surface area (Å²) in [6, 6.07) is 6.34. The van der Waals surface area contributed by atoms with Crippen LogP contribution in [0.15, 0.2) is 35.4 Å². The predicted molar refractivity (Wildman–Crippen MR) is 76.5 cm³/mol. The van der Waals surface area contributed by atoms with Crippen molar-refractivity contribution in [1.29, 1.82) is 0 Å². The highest BCUT2D eigenvalue weighted by Gasteiger charge is 2.21. The lowest BCUT2D eigenvalue weighted by molar-refractivity contribution is 0.0527. The van der Waals surface area contributed by atoms with Gasteiger partial charge in [0.2, 0.25) is 0 Å². The van der Waals surface area contributed by atoms with Crippen LogP contribution in [-0.4, -0.2) is 31.2 Å². The van der Waals surface area contributed by atoms with Crippen molar-refractivity contribution in [1.82, 2.24) is 10.2 Å². The lowest BCUT2D eigenvalue weighted by atomic mass is 10.2. The minimum atomic E-state index is -3.80. The average molecular weight is 309 g/mol. The van der Waals surface area contributed by atoms with Crippen LogP contribution in [0.2, 0.25) is 0 Å². The molecule has 0 aliphatic heterocycles. The van der Waals surface area contributed by atoms with Crippen LogP contribution < -0.4 is 4.72 Å². The molecule has 0 amide bonds. The molecule has 0 radical (unpaired) electrons. The number of anilines is 1. The van der Waals surface area contributed by atoms with E-state index >= 15 is 0 Å². The summed E-state index contributed by atoms with van der Waals surface area (Å²) in [7, 11) is -3.80. The Morgan fingerprint density at radius 3 is 2.62 bits per heavy atom. The summed E-state index contributed by atoms with van der Waals surface area (Å²) in [6.45, 7) is 3.71. The second-order valence-corrected chi connectivity index (χ2v) is 5.98. The highest BCUT2D eigenvalue weighted by atomic mass is 32.2. The number of ether oxygens (including phenoxy) is 1. The van der Waals surface area contributed by atoms with Gasteiger partial charge < -0.3 is 4.74 Å². The molecule has 0 atom stereocenters. The molecule has 2 rings (SSSR count). The lowest BCUT2D eigenvalue weighted by Gasteiger charge is -2.08. The third kappa shape index (κ3) is 3.40. The normalized spacial score (nSPS) is 11.1. The Morgan fingerprint density at radius 2 is 2.00 bits per heavy atom. The van der Waals surface area contributed by atoms with Gasteiger partial charge in [-0.25, -0.2) is 13.2 Å². The van der Waals surface area contributed by atoms with E-state index in [0.717, 1.165) is 5.56 Å². The van der Waals surface area contributed by atoms with Gasteiger partial charge in [0.1, 0.15) is 11.4 Å². The summed E-state index contributed by atoms with van der Waals surface area (Å²) in [5.74, 6) is -0.665. The number of aromatic nitrogens is 2. The fourth-order valence-corrected chi connectivity index (χ4v) is 2.67. The van der Waals surface area contributed by atoms with Crippen molar-refractivity contribution in [3.05, 3.63) is 41.6 Å². The second-order valence-electron chi connectivity index (χ2n) is 4.30. The standard InChI is InChI=1S/C13H15N3O4S/c1-3-20-13(17)11-8-14-15-12(11)16-21(18,19)10-6-4-9(2)5-7-10/h4-8H,3H2,1-2H3,(H2,14,15,16). The van der Waals surface area contributed by atoms with Crippen molar-refractivity contribution in [2.75, 3.05) is 11.3 Å². The smallest absolute Gasteiger partial charge is 0.343 e. The number of nitrogens with one attached hydrogen (secondary N) is 2. The Labute approximate surface area is 122 Å². The number of hydrogen-bond acceptors (Lipinski definition) is 5. The molecule has 1 heterocycles. The van der Waals surface area contributed by atoms with Gasteiger partial charge in [0.15, 0.2) is 0 Å². The van der Waals surface area contributed by atoms with Gasteiger partial charge in [-0.3, -0.25) is 9.82 Å². The van der Waals surface area contributed by atoms with E-state index < -0.39 is 16.0 Å². The van der Waals surface area contributed by atoms with E-state index in [4.69, 9.17) is 4.74 Å². The molecule has 1 aromatic heterocycles. The summed E-state index contributed by atoms with van der Waals surface area (Å²) in [4.78, 5) is 11.8. The quantitative estimate of drug-likeness (QED) is 0.819. The highest BCUT2D eigenvalue weighted by molar-refractivity contribution is 7.92. The molecule has 1 aromatic carbocycles. The van der Waals surface area contributed by atoms with Crippen LogP contribution in [0.25, 0.3) is 0 Å². The molecule has 8 heteroatoms. The molecule has 112 valence electrons. The zero-order valence-corrected chi connectivity index (χ0v) is 12.4. The largest absolute Gasteiger partial charge is 0.462 e. The van der Waals surface area contributed by atoms with Crippen LogP contribution in [0.3, 0.4) is 0 Å². The van der Waals surface area contributed by atoms with Crippen molar-refractivity contribution in [2.45, 2.75) is 18.7 Å². The van der Waals surface area contributed by atoms with E-state index in [9.17, 15) is 13.2 Å². The van der Waals surface area contributed by atoms with E-state index in [1.54, 1.807) is 19.1 Å². The Morgan fingerprint density at radius 1 is 1.33 bits per heavy atom. The maximum absolute atomic E-state index is 12.2. The summed E-state index contributed by atoms with van der Waals surface area (Å²) in [6.07, 6.45) is 1.21. The molecule has 2 aromatic rings. The zero-order valence-electron chi connectivity index (χ0n) is 11.6. The second kappa shape index (κ2) is 5.96. The number of aryl methyl sites for hydroxylation is 1. The first-order valence-corrected chi connectivity index (χ1v) is 7.72. The first kappa shape index (κ1) is 15.0. The van der Waals surface area contributed by atoms with Gasteiger partial charge in [-0.1, -0.05) is 17.7 Å². The molecule has 7 nitrogen and oxygen atoms in total. The molecule has 0 saturated heterocycles. The van der Waals surface area contributed by atoms with E-state index in [-0.39, 0.29) is 22.9 Å². The van der Waals surface area contributed by atoms with Crippen molar-refractivity contribution in [3.8, 4) is 0 Å². The third-order valence-corrected chi connectivity index (χ3v) is 4.07. The fourth-order valence-electron chi connectivity index (χ4n) is 1.64. The van der Waals surface area contributed by atoms with E-state index in [0.29, 0.717) is 0 Å². The van der Waals surface area contributed by atoms with E-state index in [1.807, 2.05) is 6.92 Å². The molecule has 0 spiro atoms. The van der Waals surface area contributed by atoms with Crippen LogP contribution in [0, 0.1) is 6.92 Å². The van der Waals surface area contributed by atoms with Crippen molar-refractivity contribution < 1.29 is 17.9 Å². The molecule has 0 aliphatic carbocycles. The number of benzene rings is 1. The number of esters is 1. The minimum Gasteiger partial charge on any atom is -0.462 e. The van der Waals surface area contributed by atoms with Gasteiger partial charge >= 0.3 is 5.97 Å². The van der Waals surface area contributed by atoms with Crippen molar-refractivity contribution >= 4 is 21.8 Å². The molecule has 0 unspecified atom stereocenters. The summed E-state index contributed by atoms with van der Waals surface area (Å²) in [5.41, 5.74) is 0.982. The summed E-state index contributed by atoms with van der Waals surface area (Å²) >= 11 is 0. The van der Waals surface area contributed by atoms with Crippen molar-refractivity contribution in [2.24, 2.45) is 0 Å². The molecule has 0 saturated carbocycles. The third-order valence-electron chi connectivity index (χ3n) is 2.70. The predicted octanol–water partition coefficient (Wildman–Crippen LogP) is 1.70. The Kier molecular flexibility index (Phi) is 4.27. The van der Waals surface area contributed by atoms with Crippen LogP contribution in [-0.2, 0) is 14.8 Å². The zero-order chi connectivity index (χ0) is 15.5. The van der Waals surface area contributed by atoms with Crippen LogP contribution in [0.1, 0.15) is 22.8 Å². The van der Waals surface area contributed by atoms with Gasteiger partial charge in [0, 0.05) is 0 Å². The SMILES string of the molecule is CCOC(=O)c1cn[nH]c1NS(=O)(=O)c1ccc(C)cc1. The van der Waals surface area contributed by atoms with Crippen LogP contribution in [0.4, 0.5) is 5.82 Å². The number of aromatic amines is 1. The molecule has 0 bridgehead atoms. The first-order valence-electron chi connectivity index (χ1n) is 6.24. The average Bonchev–Trinajstić information content (AvgIpc) is 2.87. The molecule has 21 heavy (non-hydrogen) atoms.